The van der Waals surface area contributed by atoms with E-state index in [0.717, 1.165) is 80.2 Å². The maximum atomic E-state index is 11.3. The lowest BCUT2D eigenvalue weighted by Crippen LogP contribution is -2.49. The smallest absolute Gasteiger partial charge is 0.323 e. The predicted octanol–water partition coefficient (Wildman–Crippen LogP) is 6.78. The summed E-state index contributed by atoms with van der Waals surface area (Å²) in [6.07, 6.45) is 34.6. The van der Waals surface area contributed by atoms with Crippen molar-refractivity contribution in [2.45, 2.75) is 190 Å². The van der Waals surface area contributed by atoms with E-state index in [9.17, 15) is 64.5 Å². The van der Waals surface area contributed by atoms with E-state index >= 15 is 0 Å². The highest BCUT2D eigenvalue weighted by Crippen LogP contribution is 2.48. The highest BCUT2D eigenvalue weighted by Gasteiger charge is 2.55. The van der Waals surface area contributed by atoms with Crippen LogP contribution in [-0.2, 0) is 42.6 Å². The Hall–Kier alpha value is -5.61. The molecule has 732 valence electrons. The van der Waals surface area contributed by atoms with Crippen LogP contribution in [0.25, 0.3) is 0 Å². The Balaban J connectivity index is 0.000000213. The molecule has 0 spiro atoms. The Morgan fingerprint density at radius 2 is 0.546 bits per heavy atom. The zero-order valence-corrected chi connectivity index (χ0v) is 86.1. The maximum absolute atomic E-state index is 11.3. The van der Waals surface area contributed by atoms with Crippen LogP contribution in [-0.4, -0.2) is 386 Å². The van der Waals surface area contributed by atoms with Gasteiger partial charge in [0.05, 0.1) is 58.9 Å². The van der Waals surface area contributed by atoms with Crippen LogP contribution >= 0.6 is 63.9 Å². The molecule has 19 N–H and O–H groups in total. The molecule has 0 aromatic carbocycles. The molecule has 6 saturated heterocycles. The van der Waals surface area contributed by atoms with E-state index in [1.54, 1.807) is 52.3 Å². The molecule has 12 rings (SSSR count). The topological polar surface area (TPSA) is 471 Å². The van der Waals surface area contributed by atoms with Crippen molar-refractivity contribution in [2.75, 3.05) is 138 Å². The van der Waals surface area contributed by atoms with Gasteiger partial charge in [-0.3, -0.25) is 0 Å². The molecule has 41 heteroatoms. The van der Waals surface area contributed by atoms with Gasteiger partial charge in [0, 0.05) is 132 Å². The van der Waals surface area contributed by atoms with Crippen LogP contribution in [0.1, 0.15) is 52.4 Å². The van der Waals surface area contributed by atoms with Crippen molar-refractivity contribution in [2.24, 2.45) is 5.92 Å². The van der Waals surface area contributed by atoms with E-state index in [2.05, 4.69) is 244 Å². The van der Waals surface area contributed by atoms with Gasteiger partial charge in [-0.2, -0.15) is 0 Å². The number of nitrogens with one attached hydrogen (secondary N) is 12. The third-order valence-electron chi connectivity index (χ3n) is 23.4. The molecule has 34 nitrogen and oxygen atoms in total. The molecule has 12 aliphatic rings. The number of aliphatic hydroxyl groups excluding tert-OH is 6. The van der Waals surface area contributed by atoms with Crippen LogP contribution in [0.2, 0.25) is 0 Å². The van der Waals surface area contributed by atoms with Crippen molar-refractivity contribution >= 4 is 138 Å². The normalized spacial score (nSPS) is 33.3. The molecular weight excluding hydrogens is 1900 g/mol. The summed E-state index contributed by atoms with van der Waals surface area (Å²) in [5.41, 5.74) is 5.58. The Morgan fingerprint density at radius 1 is 0.338 bits per heavy atom. The number of hydrogen-bond donors (Lipinski definition) is 19. The Labute approximate surface area is 782 Å². The number of hydrogen-bond acceptors (Lipinski definition) is 22. The van der Waals surface area contributed by atoms with Crippen LogP contribution in [0, 0.1) is 5.92 Å². The summed E-state index contributed by atoms with van der Waals surface area (Å²) in [6.45, 7) is 45.4. The fourth-order valence-electron chi connectivity index (χ4n) is 15.9. The average Bonchev–Trinajstić information content (AvgIpc) is 1.61. The fraction of sp³-hybridized carbons (Fsp3) is 0.596. The van der Waals surface area contributed by atoms with Crippen molar-refractivity contribution in [1.82, 2.24) is 63.8 Å². The second kappa shape index (κ2) is 47.0. The third-order valence-corrected chi connectivity index (χ3v) is 33.6. The molecule has 0 saturated carbocycles. The summed E-state index contributed by atoms with van der Waals surface area (Å²) < 4.78 is 52.2. The van der Waals surface area contributed by atoms with Gasteiger partial charge in [-0.05, 0) is 162 Å². The lowest BCUT2D eigenvalue weighted by atomic mass is 9.87. The lowest BCUT2D eigenvalue weighted by molar-refractivity contribution is -0.0516. The van der Waals surface area contributed by atoms with Crippen molar-refractivity contribution < 1.29 is 107 Å². The number of urea groups is 6. The van der Waals surface area contributed by atoms with Crippen LogP contribution in [0.15, 0.2) is 144 Å². The van der Waals surface area contributed by atoms with Crippen LogP contribution in [0.5, 0.6) is 0 Å². The maximum Gasteiger partial charge on any atom is 0.323 e. The van der Waals surface area contributed by atoms with Gasteiger partial charge in [-0.25, -0.2) is 28.8 Å². The summed E-state index contributed by atoms with van der Waals surface area (Å²) in [6, 6.07) is -1.97. The minimum atomic E-state index is -1.45. The van der Waals surface area contributed by atoms with Gasteiger partial charge in [-0.15, -0.1) is 79.1 Å². The van der Waals surface area contributed by atoms with Gasteiger partial charge in [0.1, 0.15) is 78.8 Å². The summed E-state index contributed by atoms with van der Waals surface area (Å²) in [7, 11) is 4.63. The van der Waals surface area contributed by atoms with E-state index in [0.29, 0.717) is 62.9 Å². The summed E-state index contributed by atoms with van der Waals surface area (Å²) in [4.78, 5) is 67.5. The third kappa shape index (κ3) is 31.7. The van der Waals surface area contributed by atoms with Crippen LogP contribution in [0.4, 0.5) is 28.8 Å². The molecule has 0 radical (unpaired) electrons. The van der Waals surface area contributed by atoms with Gasteiger partial charge in [-0.1, -0.05) is 69.0 Å². The molecule has 12 unspecified atom stereocenters. The zero-order valence-electron chi connectivity index (χ0n) is 78.5. The first-order valence-corrected chi connectivity index (χ1v) is 62.5. The average molecular weight is 2050 g/mol. The quantitative estimate of drug-likeness (QED) is 0.0229. The second-order valence-electron chi connectivity index (χ2n) is 38.8. The highest BCUT2D eigenvalue weighted by atomic mass is 127. The van der Waals surface area contributed by atoms with Gasteiger partial charge in [0.25, 0.3) is 0 Å². The van der Waals surface area contributed by atoms with Gasteiger partial charge < -0.3 is 142 Å². The van der Waals surface area contributed by atoms with Crippen LogP contribution < -0.4 is 63.8 Å². The molecule has 24 atom stereocenters. The number of amides is 12. The minimum Gasteiger partial charge on any atom is -0.390 e. The first-order chi connectivity index (χ1) is 60.1. The molecule has 0 aromatic heterocycles. The van der Waals surface area contributed by atoms with E-state index in [1.807, 2.05) is 6.92 Å². The van der Waals surface area contributed by atoms with E-state index in [4.69, 9.17) is 42.6 Å². The standard InChI is InChI=1S/4C15H25N2O4P.C15H25N2O3P.C14H22IN2O3P/c1-9-10(8-16-14(19)17-9)13-15(2,20)12(18)11(21-13)6-7-22(3,4)5;3*1-9-10(8-16-15(19)17-9)13-14(20-2)12(18)11(21-13)6-7-22(3,4)5;1-9-13(18)12(6-7-21(3,4)5)20-14(9)11-8-16-15(19)17-10(11)2;1-8-9(7-16-14(19)17-8)13-11(15)12(18)10(20-13)5-6-21(2,3)4/h8,11-13,18,20H,1,3,6-7H2,2,4-5H3,(H2,16,17,19);3*8,11-14,18H,1,3,6-7H2,2,4-5H3,(H2,16,17,19);8-9,12-14,18H,2-3,6-7H2,1,4-5H3,(H2,16,17,19);7,10-13,18H,1-2,5-6H2,3-4H3,(H2,16,17,19)/t11?,12-,13?,15-;3*11?,12-,13?,14-;9-,12?,13+,14?;10?,11-,12-,13?/m111111/s1. The predicted molar refractivity (Wildman–Crippen MR) is 544 cm³/mol. The SMILES string of the molecule is C=C1NC(=O)NC=C1C1OC(CCP(=C)(C)C)[C@@H](O)[C@@]1(C)O.C=C1NC(=O)NC=C1C1OC(CCP(=C)(C)C)[C@@H](O)[C@H]1C.C=C1NC(=O)NC=C1C1OC(CCP(=C)(C)C)[C@@H](O)[C@H]1I.C=C1NC(=O)NC=C1C1OC(CCP(=C)(C)C)[C@@H](O)[C@H]1OC.C=C1NC(=O)NC=C1C1OC(CCP(=C)(C)C)[C@@H](O)[C@H]1OC.C=C1NC(=O)NC=C1C1OC(CCP(=C)(C)C)[C@@H](O)[C@H]1OC. The number of rotatable bonds is 27. The number of aliphatic hydroxyl groups is 7. The number of methoxy groups -OCH3 is 3. The molecule has 12 aliphatic heterocycles. The van der Waals surface area contributed by atoms with Crippen molar-refractivity contribution in [3.8, 4) is 0 Å². The molecule has 0 aliphatic carbocycles. The Kier molecular flexibility index (Phi) is 40.2. The van der Waals surface area contributed by atoms with Crippen molar-refractivity contribution in [1.29, 1.82) is 0 Å². The van der Waals surface area contributed by atoms with Crippen molar-refractivity contribution in [3.05, 3.63) is 144 Å². The van der Waals surface area contributed by atoms with Gasteiger partial charge in [0.15, 0.2) is 0 Å². The summed E-state index contributed by atoms with van der Waals surface area (Å²) in [5, 5.41) is 104. The second-order valence-corrected chi connectivity index (χ2v) is 66.2. The van der Waals surface area contributed by atoms with Gasteiger partial charge in [0.2, 0.25) is 0 Å². The van der Waals surface area contributed by atoms with E-state index in [-0.39, 0.29) is 88.8 Å². The van der Waals surface area contributed by atoms with E-state index in [1.165, 1.54) is 13.1 Å². The fourth-order valence-corrected chi connectivity index (χ4v) is 22.7. The number of carbonyl (C=O) groups is 6. The number of carbonyl (C=O) groups excluding carboxylic acids is 6. The Bertz CT molecular complexity index is 4400. The minimum absolute atomic E-state index is 0.0407. The molecule has 0 aromatic rings. The summed E-state index contributed by atoms with van der Waals surface area (Å²) in [5.74, 6) is -0.0407. The first-order valence-electron chi connectivity index (χ1n) is 42.9. The van der Waals surface area contributed by atoms with E-state index < -0.39 is 132 Å². The molecule has 6 fully saturated rings. The van der Waals surface area contributed by atoms with Crippen molar-refractivity contribution in [3.63, 3.8) is 0 Å². The monoisotopic (exact) mass is 2050 g/mol. The van der Waals surface area contributed by atoms with Gasteiger partial charge >= 0.3 is 36.2 Å². The number of halogens is 1. The lowest BCUT2D eigenvalue weighted by Gasteiger charge is -2.30. The first kappa shape index (κ1) is 111. The molecular formula is C89H147IN12O22P6. The molecule has 12 heterocycles. The Morgan fingerprint density at radius 3 is 0.792 bits per heavy atom. The molecule has 0 bridgehead atoms. The number of ether oxygens (including phenoxy) is 9. The molecule has 12 amide bonds. The zero-order chi connectivity index (χ0) is 97.7. The number of alkyl halides is 1. The summed E-state index contributed by atoms with van der Waals surface area (Å²) >= 11 is 2.21. The van der Waals surface area contributed by atoms with Crippen LogP contribution in [0.3, 0.4) is 0 Å². The highest BCUT2D eigenvalue weighted by molar-refractivity contribution is 14.1. The molecule has 130 heavy (non-hydrogen) atoms. The largest absolute Gasteiger partial charge is 0.390 e.